The lowest BCUT2D eigenvalue weighted by atomic mass is 10.0. The van der Waals surface area contributed by atoms with Crippen LogP contribution in [0.25, 0.3) is 16.5 Å². The number of rotatable bonds is 4. The van der Waals surface area contributed by atoms with Gasteiger partial charge in [-0.3, -0.25) is 9.36 Å². The fraction of sp³-hybridized carbons (Fsp3) is 0.130. The van der Waals surface area contributed by atoms with E-state index in [0.29, 0.717) is 0 Å². The summed E-state index contributed by atoms with van der Waals surface area (Å²) in [6, 6.07) is 10.9. The van der Waals surface area contributed by atoms with Gasteiger partial charge in [0.1, 0.15) is 23.3 Å². The zero-order chi connectivity index (χ0) is 24.6. The number of aromatic nitrogens is 3. The van der Waals surface area contributed by atoms with Gasteiger partial charge in [-0.1, -0.05) is 18.2 Å². The predicted octanol–water partition coefficient (Wildman–Crippen LogP) is 4.57. The third-order valence-corrected chi connectivity index (χ3v) is 5.17. The van der Waals surface area contributed by atoms with Gasteiger partial charge < -0.3 is 11.1 Å². The molecule has 0 aliphatic heterocycles. The number of anilines is 2. The summed E-state index contributed by atoms with van der Waals surface area (Å²) in [7, 11) is 0. The summed E-state index contributed by atoms with van der Waals surface area (Å²) in [5.74, 6) is -0.704. The van der Waals surface area contributed by atoms with Crippen molar-refractivity contribution in [1.29, 1.82) is 5.26 Å². The zero-order valence-corrected chi connectivity index (χ0v) is 17.6. The molecule has 4 rings (SSSR count). The molecule has 0 saturated heterocycles. The van der Waals surface area contributed by atoms with E-state index in [9.17, 15) is 27.6 Å². The number of nitriles is 1. The summed E-state index contributed by atoms with van der Waals surface area (Å²) in [5.41, 5.74) is 3.87. The summed E-state index contributed by atoms with van der Waals surface area (Å²) in [6.45, 7) is 1.61. The molecule has 3 N–H and O–H groups in total. The Hall–Kier alpha value is -4.46. The van der Waals surface area contributed by atoms with Gasteiger partial charge in [-0.25, -0.2) is 9.37 Å². The van der Waals surface area contributed by atoms with Crippen molar-refractivity contribution in [1.82, 2.24) is 14.5 Å². The number of nitrogens with two attached hydrogens (primary N) is 1. The lowest BCUT2D eigenvalue weighted by Crippen LogP contribution is -2.27. The maximum atomic E-state index is 14.0. The van der Waals surface area contributed by atoms with Crippen molar-refractivity contribution in [2.75, 3.05) is 11.1 Å². The minimum Gasteiger partial charge on any atom is -0.368 e. The Balaban J connectivity index is 2.00. The summed E-state index contributed by atoms with van der Waals surface area (Å²) in [5, 5.41) is 11.8. The highest BCUT2D eigenvalue weighted by Gasteiger charge is 2.34. The Morgan fingerprint density at radius 1 is 1.18 bits per heavy atom. The van der Waals surface area contributed by atoms with Gasteiger partial charge in [-0.15, -0.1) is 0 Å². The fourth-order valence-corrected chi connectivity index (χ4v) is 3.68. The molecule has 1 atom stereocenters. The average Bonchev–Trinajstić information content (AvgIpc) is 2.78. The smallest absolute Gasteiger partial charge is 0.368 e. The van der Waals surface area contributed by atoms with E-state index in [1.54, 1.807) is 6.92 Å². The van der Waals surface area contributed by atoms with Gasteiger partial charge in [0.15, 0.2) is 0 Å². The molecule has 0 radical (unpaired) electrons. The van der Waals surface area contributed by atoms with Crippen LogP contribution >= 0.6 is 0 Å². The monoisotopic (exact) mass is 468 g/mol. The Morgan fingerprint density at radius 3 is 2.59 bits per heavy atom. The van der Waals surface area contributed by atoms with Crippen molar-refractivity contribution in [3.8, 4) is 11.8 Å². The van der Waals surface area contributed by atoms with Crippen molar-refractivity contribution in [2.24, 2.45) is 0 Å². The van der Waals surface area contributed by atoms with Gasteiger partial charge >= 0.3 is 6.18 Å². The normalized spacial score (nSPS) is 12.4. The van der Waals surface area contributed by atoms with E-state index >= 15 is 0 Å². The van der Waals surface area contributed by atoms with E-state index in [-0.39, 0.29) is 34.1 Å². The van der Waals surface area contributed by atoms with Crippen LogP contribution in [0.15, 0.2) is 59.5 Å². The molecule has 0 aliphatic carbocycles. The van der Waals surface area contributed by atoms with Gasteiger partial charge in [-0.2, -0.15) is 23.4 Å². The van der Waals surface area contributed by atoms with Crippen LogP contribution in [-0.4, -0.2) is 14.5 Å². The van der Waals surface area contributed by atoms with Crippen molar-refractivity contribution in [2.45, 2.75) is 19.1 Å². The Kier molecular flexibility index (Phi) is 5.66. The minimum atomic E-state index is -4.77. The number of hydrogen-bond acceptors (Lipinski definition) is 6. The summed E-state index contributed by atoms with van der Waals surface area (Å²) >= 11 is 0. The molecule has 4 aromatic rings. The van der Waals surface area contributed by atoms with Crippen LogP contribution in [0.5, 0.6) is 0 Å². The number of nitrogen functional groups attached to an aromatic ring is 1. The lowest BCUT2D eigenvalue weighted by Gasteiger charge is -2.22. The standard InChI is InChI=1S/C23H16F4N6O/c1-12(31-20-14(10-28)11-30-22(29)32-20)18-8-13-4-2-7-17(23(25,26)27)19(13)21(34)33(18)16-6-3-5-15(24)9-16/h2-9,11-12H,1H3,(H3,29,30,31,32). The predicted molar refractivity (Wildman–Crippen MR) is 118 cm³/mol. The molecule has 0 aliphatic rings. The van der Waals surface area contributed by atoms with Crippen molar-refractivity contribution in [3.05, 3.63) is 87.7 Å². The molecule has 1 unspecified atom stereocenters. The van der Waals surface area contributed by atoms with E-state index in [0.717, 1.165) is 22.8 Å². The molecule has 7 nitrogen and oxygen atoms in total. The van der Waals surface area contributed by atoms with E-state index in [4.69, 9.17) is 5.73 Å². The van der Waals surface area contributed by atoms with E-state index < -0.39 is 34.5 Å². The van der Waals surface area contributed by atoms with Gasteiger partial charge in [0.25, 0.3) is 5.56 Å². The molecular formula is C23H16F4N6O. The molecule has 0 saturated carbocycles. The molecule has 0 spiro atoms. The molecule has 0 fully saturated rings. The van der Waals surface area contributed by atoms with E-state index in [1.165, 1.54) is 36.5 Å². The van der Waals surface area contributed by atoms with Crippen LogP contribution < -0.4 is 16.6 Å². The maximum Gasteiger partial charge on any atom is 0.417 e. The van der Waals surface area contributed by atoms with Gasteiger partial charge in [0, 0.05) is 5.69 Å². The van der Waals surface area contributed by atoms with E-state index in [2.05, 4.69) is 15.3 Å². The first-order chi connectivity index (χ1) is 16.1. The Morgan fingerprint density at radius 2 is 1.91 bits per heavy atom. The van der Waals surface area contributed by atoms with Crippen molar-refractivity contribution < 1.29 is 17.6 Å². The van der Waals surface area contributed by atoms with Crippen LogP contribution in [0, 0.1) is 17.1 Å². The maximum absolute atomic E-state index is 14.0. The highest BCUT2D eigenvalue weighted by atomic mass is 19.4. The first-order valence-corrected chi connectivity index (χ1v) is 9.91. The SMILES string of the molecule is CC(Nc1nc(N)ncc1C#N)c1cc2cccc(C(F)(F)F)c2c(=O)n1-c1cccc(F)c1. The molecule has 34 heavy (non-hydrogen) atoms. The second kappa shape index (κ2) is 8.47. The molecule has 0 bridgehead atoms. The quantitative estimate of drug-likeness (QED) is 0.425. The molecule has 2 heterocycles. The number of halogens is 4. The van der Waals surface area contributed by atoms with Crippen LogP contribution in [0.1, 0.15) is 29.8 Å². The minimum absolute atomic E-state index is 0.0373. The molecular weight excluding hydrogens is 452 g/mol. The van der Waals surface area contributed by atoms with Gasteiger partial charge in [-0.05, 0) is 42.6 Å². The van der Waals surface area contributed by atoms with Crippen LogP contribution in [0.2, 0.25) is 0 Å². The largest absolute Gasteiger partial charge is 0.417 e. The first kappa shape index (κ1) is 22.7. The molecule has 0 amide bonds. The third kappa shape index (κ3) is 4.13. The van der Waals surface area contributed by atoms with E-state index in [1.807, 2.05) is 6.07 Å². The first-order valence-electron chi connectivity index (χ1n) is 9.91. The second-order valence-electron chi connectivity index (χ2n) is 7.43. The van der Waals surface area contributed by atoms with Gasteiger partial charge in [0.2, 0.25) is 5.95 Å². The topological polar surface area (TPSA) is 110 Å². The van der Waals surface area contributed by atoms with Crippen LogP contribution in [0.3, 0.4) is 0 Å². The number of benzene rings is 2. The molecule has 2 aromatic heterocycles. The highest BCUT2D eigenvalue weighted by molar-refractivity contribution is 5.86. The zero-order valence-electron chi connectivity index (χ0n) is 17.6. The number of pyridine rings is 1. The Bertz CT molecular complexity index is 1510. The van der Waals surface area contributed by atoms with Crippen molar-refractivity contribution in [3.63, 3.8) is 0 Å². The van der Waals surface area contributed by atoms with Gasteiger partial charge in [0.05, 0.1) is 28.9 Å². The average molecular weight is 468 g/mol. The fourth-order valence-electron chi connectivity index (χ4n) is 3.68. The summed E-state index contributed by atoms with van der Waals surface area (Å²) in [4.78, 5) is 21.2. The number of alkyl halides is 3. The third-order valence-electron chi connectivity index (χ3n) is 5.17. The highest BCUT2D eigenvalue weighted by Crippen LogP contribution is 2.34. The molecule has 2 aromatic carbocycles. The number of nitrogens with one attached hydrogen (secondary N) is 1. The number of fused-ring (bicyclic) bond motifs is 1. The second-order valence-corrected chi connectivity index (χ2v) is 7.43. The van der Waals surface area contributed by atoms with Crippen LogP contribution in [-0.2, 0) is 6.18 Å². The summed E-state index contributed by atoms with van der Waals surface area (Å²) in [6.07, 6.45) is -3.56. The Labute approximate surface area is 190 Å². The van der Waals surface area contributed by atoms with Crippen LogP contribution in [0.4, 0.5) is 29.3 Å². The molecule has 11 heteroatoms. The summed E-state index contributed by atoms with van der Waals surface area (Å²) < 4.78 is 56.1. The number of nitrogens with zero attached hydrogens (tertiary/aromatic N) is 4. The van der Waals surface area contributed by atoms with Crippen molar-refractivity contribution >= 4 is 22.5 Å². The lowest BCUT2D eigenvalue weighted by molar-refractivity contribution is -0.136. The molecule has 172 valence electrons. The number of hydrogen-bond donors (Lipinski definition) is 2.